The second-order valence-electron chi connectivity index (χ2n) is 6.63. The van der Waals surface area contributed by atoms with Gasteiger partial charge in [0.25, 0.3) is 0 Å². The molecule has 0 saturated carbocycles. The van der Waals surface area contributed by atoms with Crippen molar-refractivity contribution in [2.24, 2.45) is 0 Å². The van der Waals surface area contributed by atoms with Gasteiger partial charge in [0.15, 0.2) is 0 Å². The molecule has 0 unspecified atom stereocenters. The number of hydrogen-bond donors (Lipinski definition) is 1. The number of nitrogens with zero attached hydrogens (tertiary/aromatic N) is 3. The number of halogens is 1. The topological polar surface area (TPSA) is 59.8 Å². The van der Waals surface area contributed by atoms with Gasteiger partial charge in [0.2, 0.25) is 5.91 Å². The van der Waals surface area contributed by atoms with Gasteiger partial charge in [0.1, 0.15) is 11.6 Å². The van der Waals surface area contributed by atoms with Crippen LogP contribution in [0.15, 0.2) is 66.3 Å². The summed E-state index contributed by atoms with van der Waals surface area (Å²) in [5, 5.41) is 5.59. The minimum Gasteiger partial charge on any atom is -0.326 e. The molecule has 5 nitrogen and oxygen atoms in total. The zero-order valence-corrected chi connectivity index (χ0v) is 16.6. The van der Waals surface area contributed by atoms with Crippen LogP contribution in [0.1, 0.15) is 22.1 Å². The molecule has 1 N–H and O–H groups in total. The lowest BCUT2D eigenvalue weighted by molar-refractivity contribution is -0.115. The molecule has 0 radical (unpaired) electrons. The number of rotatable bonds is 6. The minimum absolute atomic E-state index is 0.148. The minimum atomic E-state index is -0.428. The average molecular weight is 406 g/mol. The van der Waals surface area contributed by atoms with E-state index in [1.54, 1.807) is 36.0 Å². The summed E-state index contributed by atoms with van der Waals surface area (Å²) in [4.78, 5) is 21.0. The number of benzene rings is 2. The second kappa shape index (κ2) is 8.36. The lowest BCUT2D eigenvalue weighted by Gasteiger charge is -2.09. The fraction of sp³-hybridized carbons (Fsp3) is 0.136. The Kier molecular flexibility index (Phi) is 5.48. The number of thiazole rings is 1. The molecule has 1 amide bonds. The van der Waals surface area contributed by atoms with Crippen molar-refractivity contribution < 1.29 is 9.18 Å². The van der Waals surface area contributed by atoms with Crippen LogP contribution < -0.4 is 5.32 Å². The van der Waals surface area contributed by atoms with Gasteiger partial charge < -0.3 is 9.88 Å². The van der Waals surface area contributed by atoms with Crippen LogP contribution >= 0.6 is 11.3 Å². The summed E-state index contributed by atoms with van der Waals surface area (Å²) < 4.78 is 16.1. The summed E-state index contributed by atoms with van der Waals surface area (Å²) in [6.45, 7) is 1.80. The lowest BCUT2D eigenvalue weighted by Crippen LogP contribution is -2.15. The summed E-state index contributed by atoms with van der Waals surface area (Å²) in [6, 6.07) is 14.7. The largest absolute Gasteiger partial charge is 0.326 e. The number of hydrogen-bond acceptors (Lipinski definition) is 4. The van der Waals surface area contributed by atoms with Gasteiger partial charge in [-0.3, -0.25) is 4.79 Å². The second-order valence-corrected chi connectivity index (χ2v) is 7.57. The van der Waals surface area contributed by atoms with Crippen LogP contribution in [0.5, 0.6) is 0 Å². The Bertz CT molecular complexity index is 1140. The normalized spacial score (nSPS) is 10.8. The molecule has 0 aliphatic rings. The summed E-state index contributed by atoms with van der Waals surface area (Å²) in [7, 11) is 0. The molecule has 0 saturated heterocycles. The Morgan fingerprint density at radius 1 is 1.21 bits per heavy atom. The SMILES string of the molecule is Cc1nccn1-c1ccc(NC(=O)Cc2csc(Cc3ccccc3)n2)cc1F. The fourth-order valence-electron chi connectivity index (χ4n) is 3.06. The maximum Gasteiger partial charge on any atom is 0.230 e. The van der Waals surface area contributed by atoms with E-state index in [1.165, 1.54) is 23.0 Å². The number of imidazole rings is 1. The van der Waals surface area contributed by atoms with Crippen molar-refractivity contribution in [1.29, 1.82) is 0 Å². The predicted octanol–water partition coefficient (Wildman–Crippen LogP) is 4.55. The van der Waals surface area contributed by atoms with Crippen LogP contribution in [0.2, 0.25) is 0 Å². The molecule has 0 spiro atoms. The predicted molar refractivity (Wildman–Crippen MR) is 112 cm³/mol. The number of aryl methyl sites for hydroxylation is 1. The zero-order valence-electron chi connectivity index (χ0n) is 15.8. The van der Waals surface area contributed by atoms with Crippen LogP contribution in [0.4, 0.5) is 10.1 Å². The van der Waals surface area contributed by atoms with Gasteiger partial charge in [0.05, 0.1) is 22.8 Å². The molecular weight excluding hydrogens is 387 g/mol. The summed E-state index contributed by atoms with van der Waals surface area (Å²) in [5.41, 5.74) is 2.70. The molecule has 4 rings (SSSR count). The van der Waals surface area contributed by atoms with E-state index in [0.29, 0.717) is 22.9 Å². The molecule has 146 valence electrons. The third-order valence-corrected chi connectivity index (χ3v) is 5.35. The first-order valence-corrected chi connectivity index (χ1v) is 10.0. The Morgan fingerprint density at radius 3 is 2.76 bits per heavy atom. The van der Waals surface area contributed by atoms with E-state index in [9.17, 15) is 9.18 Å². The summed E-state index contributed by atoms with van der Waals surface area (Å²) >= 11 is 1.54. The number of carbonyl (C=O) groups excluding carboxylic acids is 1. The first-order chi connectivity index (χ1) is 14.1. The molecule has 0 fully saturated rings. The number of nitrogens with one attached hydrogen (secondary N) is 1. The first kappa shape index (κ1) is 19.0. The van der Waals surface area contributed by atoms with Gasteiger partial charge in [-0.1, -0.05) is 30.3 Å². The van der Waals surface area contributed by atoms with E-state index in [0.717, 1.165) is 11.4 Å². The highest BCUT2D eigenvalue weighted by Gasteiger charge is 2.12. The number of amides is 1. The number of carbonyl (C=O) groups is 1. The standard InChI is InChI=1S/C22H19FN4OS/c1-15-24-9-10-27(15)20-8-7-17(12-19(20)23)25-21(28)13-18-14-29-22(26-18)11-16-5-3-2-4-6-16/h2-10,12,14H,11,13H2,1H3,(H,25,28). The van der Waals surface area contributed by atoms with Crippen molar-refractivity contribution >= 4 is 22.9 Å². The molecule has 0 bridgehead atoms. The zero-order chi connectivity index (χ0) is 20.2. The highest BCUT2D eigenvalue weighted by molar-refractivity contribution is 7.09. The van der Waals surface area contributed by atoms with Crippen molar-refractivity contribution in [2.45, 2.75) is 19.8 Å². The van der Waals surface area contributed by atoms with Gasteiger partial charge in [-0.05, 0) is 30.7 Å². The maximum absolute atomic E-state index is 14.5. The highest BCUT2D eigenvalue weighted by atomic mass is 32.1. The quantitative estimate of drug-likeness (QED) is 0.511. The maximum atomic E-state index is 14.5. The van der Waals surface area contributed by atoms with E-state index >= 15 is 0 Å². The molecule has 2 aromatic carbocycles. The van der Waals surface area contributed by atoms with Crippen molar-refractivity contribution in [2.75, 3.05) is 5.32 Å². The molecule has 7 heteroatoms. The van der Waals surface area contributed by atoms with Gasteiger partial charge in [-0.15, -0.1) is 11.3 Å². The van der Waals surface area contributed by atoms with E-state index in [2.05, 4.69) is 27.4 Å². The Labute approximate surface area is 171 Å². The van der Waals surface area contributed by atoms with Gasteiger partial charge in [-0.2, -0.15) is 0 Å². The fourth-order valence-corrected chi connectivity index (χ4v) is 3.89. The summed E-state index contributed by atoms with van der Waals surface area (Å²) in [6.07, 6.45) is 4.20. The first-order valence-electron chi connectivity index (χ1n) is 9.15. The summed E-state index contributed by atoms with van der Waals surface area (Å²) in [5.74, 6) is 0.0331. The van der Waals surface area contributed by atoms with Crippen LogP contribution in [0.25, 0.3) is 5.69 Å². The molecule has 0 aliphatic heterocycles. The van der Waals surface area contributed by atoms with Gasteiger partial charge in [-0.25, -0.2) is 14.4 Å². The number of aromatic nitrogens is 3. The molecule has 2 heterocycles. The van der Waals surface area contributed by atoms with E-state index in [-0.39, 0.29) is 12.3 Å². The van der Waals surface area contributed by atoms with E-state index in [1.807, 2.05) is 23.6 Å². The van der Waals surface area contributed by atoms with E-state index < -0.39 is 5.82 Å². The Hall–Kier alpha value is -3.32. The Morgan fingerprint density at radius 2 is 2.03 bits per heavy atom. The molecule has 0 aliphatic carbocycles. The van der Waals surface area contributed by atoms with Crippen molar-refractivity contribution in [3.8, 4) is 5.69 Å². The average Bonchev–Trinajstić information content (AvgIpc) is 3.31. The van der Waals surface area contributed by atoms with Crippen molar-refractivity contribution in [3.63, 3.8) is 0 Å². The van der Waals surface area contributed by atoms with Crippen molar-refractivity contribution in [1.82, 2.24) is 14.5 Å². The smallest absolute Gasteiger partial charge is 0.230 e. The molecule has 2 aromatic heterocycles. The molecule has 29 heavy (non-hydrogen) atoms. The van der Waals surface area contributed by atoms with Gasteiger partial charge >= 0.3 is 0 Å². The third kappa shape index (κ3) is 4.57. The third-order valence-electron chi connectivity index (χ3n) is 4.46. The lowest BCUT2D eigenvalue weighted by atomic mass is 10.2. The molecular formula is C22H19FN4OS. The molecule has 4 aromatic rings. The number of anilines is 1. The van der Waals surface area contributed by atoms with Gasteiger partial charge in [0, 0.05) is 29.9 Å². The Balaban J connectivity index is 1.39. The monoisotopic (exact) mass is 406 g/mol. The van der Waals surface area contributed by atoms with Crippen LogP contribution in [-0.2, 0) is 17.6 Å². The van der Waals surface area contributed by atoms with E-state index in [4.69, 9.17) is 0 Å². The van der Waals surface area contributed by atoms with Crippen LogP contribution in [0.3, 0.4) is 0 Å². The van der Waals surface area contributed by atoms with Crippen LogP contribution in [0, 0.1) is 12.7 Å². The highest BCUT2D eigenvalue weighted by Crippen LogP contribution is 2.20. The van der Waals surface area contributed by atoms with Crippen LogP contribution in [-0.4, -0.2) is 20.4 Å². The molecule has 0 atom stereocenters. The van der Waals surface area contributed by atoms with Crippen molar-refractivity contribution in [3.05, 3.63) is 94.2 Å².